The van der Waals surface area contributed by atoms with E-state index in [1.165, 1.54) is 0 Å². The molecular formula is C20H23N5O. The molecule has 1 aromatic carbocycles. The topological polar surface area (TPSA) is 85.3 Å². The number of nitrogens with one attached hydrogen (secondary N) is 1. The average molecular weight is 349 g/mol. The summed E-state index contributed by atoms with van der Waals surface area (Å²) < 4.78 is 1.83. The molecule has 0 unspecified atom stereocenters. The van der Waals surface area contributed by atoms with Gasteiger partial charge in [0.2, 0.25) is 5.91 Å². The number of nitrogens with two attached hydrogens (primary N) is 1. The highest BCUT2D eigenvalue weighted by Crippen LogP contribution is 2.29. The molecule has 3 N–H and O–H groups in total. The van der Waals surface area contributed by atoms with E-state index in [0.29, 0.717) is 5.92 Å². The Morgan fingerprint density at radius 2 is 1.92 bits per heavy atom. The van der Waals surface area contributed by atoms with Crippen molar-refractivity contribution in [2.45, 2.75) is 25.7 Å². The van der Waals surface area contributed by atoms with Crippen LogP contribution in [-0.4, -0.2) is 27.0 Å². The number of primary amides is 1. The molecule has 1 fully saturated rings. The number of carbonyl (C=O) groups is 1. The molecule has 0 saturated heterocycles. The highest BCUT2D eigenvalue weighted by atomic mass is 16.1. The predicted octanol–water partition coefficient (Wildman–Crippen LogP) is 3.10. The number of carbonyl (C=O) groups excluding carboxylic acids is 1. The Balaban J connectivity index is 1.51. The van der Waals surface area contributed by atoms with Gasteiger partial charge < -0.3 is 11.1 Å². The van der Waals surface area contributed by atoms with Crippen molar-refractivity contribution in [2.75, 3.05) is 11.9 Å². The van der Waals surface area contributed by atoms with Crippen molar-refractivity contribution in [2.24, 2.45) is 17.6 Å². The van der Waals surface area contributed by atoms with E-state index in [1.807, 2.05) is 34.8 Å². The van der Waals surface area contributed by atoms with Crippen LogP contribution in [0.4, 0.5) is 5.82 Å². The highest BCUT2D eigenvalue weighted by Gasteiger charge is 2.24. The van der Waals surface area contributed by atoms with Gasteiger partial charge in [0.05, 0.1) is 11.9 Å². The first-order valence-electron chi connectivity index (χ1n) is 9.14. The van der Waals surface area contributed by atoms with Gasteiger partial charge in [0.25, 0.3) is 0 Å². The van der Waals surface area contributed by atoms with Crippen LogP contribution in [0.5, 0.6) is 0 Å². The molecule has 1 aliphatic rings. The second kappa shape index (κ2) is 7.15. The van der Waals surface area contributed by atoms with Gasteiger partial charge in [0, 0.05) is 30.2 Å². The maximum atomic E-state index is 11.3. The molecule has 0 atom stereocenters. The first kappa shape index (κ1) is 16.6. The lowest BCUT2D eigenvalue weighted by Crippen LogP contribution is -2.29. The van der Waals surface area contributed by atoms with Gasteiger partial charge in [0.15, 0.2) is 5.65 Å². The van der Waals surface area contributed by atoms with Gasteiger partial charge in [-0.05, 0) is 31.6 Å². The molecule has 0 bridgehead atoms. The van der Waals surface area contributed by atoms with Crippen molar-refractivity contribution < 1.29 is 4.79 Å². The summed E-state index contributed by atoms with van der Waals surface area (Å²) in [5.74, 6) is 1.38. The van der Waals surface area contributed by atoms with E-state index in [2.05, 4.69) is 22.5 Å². The first-order chi connectivity index (χ1) is 12.7. The quantitative estimate of drug-likeness (QED) is 0.741. The summed E-state index contributed by atoms with van der Waals surface area (Å²) in [7, 11) is 0. The third-order valence-corrected chi connectivity index (χ3v) is 5.25. The van der Waals surface area contributed by atoms with Crippen LogP contribution in [0.2, 0.25) is 0 Å². The lowest BCUT2D eigenvalue weighted by molar-refractivity contribution is -0.122. The number of aromatic nitrogens is 3. The summed E-state index contributed by atoms with van der Waals surface area (Å²) in [5, 5.41) is 7.92. The van der Waals surface area contributed by atoms with Crippen LogP contribution >= 0.6 is 0 Å². The Labute approximate surface area is 152 Å². The third-order valence-electron chi connectivity index (χ3n) is 5.25. The Morgan fingerprint density at radius 3 is 2.65 bits per heavy atom. The molecule has 0 radical (unpaired) electrons. The smallest absolute Gasteiger partial charge is 0.220 e. The third kappa shape index (κ3) is 3.40. The van der Waals surface area contributed by atoms with E-state index in [4.69, 9.17) is 10.7 Å². The Hall–Kier alpha value is -2.89. The van der Waals surface area contributed by atoms with E-state index >= 15 is 0 Å². The molecule has 2 aromatic heterocycles. The fourth-order valence-electron chi connectivity index (χ4n) is 3.70. The van der Waals surface area contributed by atoms with Crippen molar-refractivity contribution in [1.82, 2.24) is 14.6 Å². The Kier molecular flexibility index (Phi) is 4.56. The number of hydrogen-bond acceptors (Lipinski definition) is 4. The van der Waals surface area contributed by atoms with Crippen molar-refractivity contribution >= 4 is 17.4 Å². The number of rotatable bonds is 5. The monoisotopic (exact) mass is 349 g/mol. The molecule has 2 heterocycles. The number of amides is 1. The summed E-state index contributed by atoms with van der Waals surface area (Å²) in [5.41, 5.74) is 8.27. The van der Waals surface area contributed by atoms with Crippen LogP contribution in [-0.2, 0) is 4.79 Å². The molecule has 1 amide bonds. The minimum absolute atomic E-state index is 0.0506. The van der Waals surface area contributed by atoms with Crippen molar-refractivity contribution in [3.8, 4) is 11.3 Å². The zero-order valence-electron chi connectivity index (χ0n) is 14.6. The van der Waals surface area contributed by atoms with Crippen LogP contribution in [0.1, 0.15) is 25.7 Å². The van der Waals surface area contributed by atoms with E-state index < -0.39 is 0 Å². The molecule has 4 rings (SSSR count). The fourth-order valence-corrected chi connectivity index (χ4v) is 3.70. The van der Waals surface area contributed by atoms with Crippen LogP contribution in [0.25, 0.3) is 16.9 Å². The van der Waals surface area contributed by atoms with E-state index in [0.717, 1.165) is 55.0 Å². The summed E-state index contributed by atoms with van der Waals surface area (Å²) in [6.07, 6.45) is 5.61. The fraction of sp³-hybridized carbons (Fsp3) is 0.350. The molecule has 1 aliphatic carbocycles. The maximum absolute atomic E-state index is 11.3. The molecule has 1 saturated carbocycles. The van der Waals surface area contributed by atoms with Crippen molar-refractivity contribution in [1.29, 1.82) is 0 Å². The molecule has 0 spiro atoms. The number of fused-ring (bicyclic) bond motifs is 1. The Bertz CT molecular complexity index is 897. The zero-order chi connectivity index (χ0) is 17.9. The van der Waals surface area contributed by atoms with Gasteiger partial charge in [-0.15, -0.1) is 0 Å². The van der Waals surface area contributed by atoms with Crippen LogP contribution in [0.15, 0.2) is 48.7 Å². The molecular weight excluding hydrogens is 326 g/mol. The van der Waals surface area contributed by atoms with Gasteiger partial charge in [-0.2, -0.15) is 9.61 Å². The lowest BCUT2D eigenvalue weighted by atomic mass is 9.81. The van der Waals surface area contributed by atoms with Gasteiger partial charge >= 0.3 is 0 Å². The van der Waals surface area contributed by atoms with Crippen molar-refractivity contribution in [3.63, 3.8) is 0 Å². The van der Waals surface area contributed by atoms with Gasteiger partial charge in [-0.25, -0.2) is 4.98 Å². The molecule has 6 nitrogen and oxygen atoms in total. The summed E-state index contributed by atoms with van der Waals surface area (Å²) in [4.78, 5) is 16.0. The summed E-state index contributed by atoms with van der Waals surface area (Å²) in [6.45, 7) is 0.860. The Morgan fingerprint density at radius 1 is 1.15 bits per heavy atom. The first-order valence-corrected chi connectivity index (χ1v) is 9.14. The largest absolute Gasteiger partial charge is 0.370 e. The van der Waals surface area contributed by atoms with E-state index in [-0.39, 0.29) is 11.8 Å². The van der Waals surface area contributed by atoms with Crippen LogP contribution in [0.3, 0.4) is 0 Å². The predicted molar refractivity (Wildman–Crippen MR) is 102 cm³/mol. The SMILES string of the molecule is NC(=O)C1CCC(CNc2cc(-c3ccccc3)nc3ccnn23)CC1. The molecule has 134 valence electrons. The lowest BCUT2D eigenvalue weighted by Gasteiger charge is -2.27. The maximum Gasteiger partial charge on any atom is 0.220 e. The van der Waals surface area contributed by atoms with E-state index in [1.54, 1.807) is 6.20 Å². The molecule has 26 heavy (non-hydrogen) atoms. The van der Waals surface area contributed by atoms with Crippen LogP contribution in [0, 0.1) is 11.8 Å². The second-order valence-electron chi connectivity index (χ2n) is 6.99. The number of benzene rings is 1. The van der Waals surface area contributed by atoms with Crippen LogP contribution < -0.4 is 11.1 Å². The van der Waals surface area contributed by atoms with Gasteiger partial charge in [0.1, 0.15) is 5.82 Å². The summed E-state index contributed by atoms with van der Waals surface area (Å²) in [6, 6.07) is 14.1. The van der Waals surface area contributed by atoms with Crippen molar-refractivity contribution in [3.05, 3.63) is 48.7 Å². The summed E-state index contributed by atoms with van der Waals surface area (Å²) >= 11 is 0. The average Bonchev–Trinajstić information content (AvgIpc) is 3.16. The normalized spacial score (nSPS) is 20.2. The minimum Gasteiger partial charge on any atom is -0.370 e. The zero-order valence-corrected chi connectivity index (χ0v) is 14.6. The van der Waals surface area contributed by atoms with E-state index in [9.17, 15) is 4.79 Å². The molecule has 3 aromatic rings. The minimum atomic E-state index is -0.156. The highest BCUT2D eigenvalue weighted by molar-refractivity contribution is 5.76. The number of nitrogens with zero attached hydrogens (tertiary/aromatic N) is 3. The standard InChI is InChI=1S/C20H23N5O/c21-20(26)16-8-6-14(7-9-16)13-22-19-12-17(15-4-2-1-3-5-15)24-18-10-11-23-25(18)19/h1-5,10-12,14,16,22H,6-9,13H2,(H2,21,26). The van der Waals surface area contributed by atoms with Gasteiger partial charge in [-0.3, -0.25) is 4.79 Å². The number of hydrogen-bond donors (Lipinski definition) is 2. The second-order valence-corrected chi connectivity index (χ2v) is 6.99. The van der Waals surface area contributed by atoms with Gasteiger partial charge in [-0.1, -0.05) is 30.3 Å². The molecule has 0 aliphatic heterocycles. The number of anilines is 1. The molecule has 6 heteroatoms.